The highest BCUT2D eigenvalue weighted by molar-refractivity contribution is 9.10. The van der Waals surface area contributed by atoms with Gasteiger partial charge in [-0.05, 0) is 75.6 Å². The molecule has 0 radical (unpaired) electrons. The van der Waals surface area contributed by atoms with Crippen LogP contribution in [0.15, 0.2) is 74.7 Å². The van der Waals surface area contributed by atoms with Gasteiger partial charge in [-0.3, -0.25) is 4.79 Å². The smallest absolute Gasteiger partial charge is 0.271 e. The van der Waals surface area contributed by atoms with Crippen LogP contribution in [-0.4, -0.2) is 19.2 Å². The van der Waals surface area contributed by atoms with Gasteiger partial charge in [-0.15, -0.1) is 0 Å². The first-order chi connectivity index (χ1) is 14.5. The molecule has 0 bridgehead atoms. The molecule has 3 aromatic rings. The van der Waals surface area contributed by atoms with Crippen molar-refractivity contribution in [2.45, 2.75) is 6.61 Å². The number of carbonyl (C=O) groups is 1. The SMILES string of the molecule is COc1cc(/C=N\NC(=O)c2ccc(Cl)cc2)cc(Br)c1OCc1ccc(Br)cc1. The third-order valence-electron chi connectivity index (χ3n) is 4.03. The summed E-state index contributed by atoms with van der Waals surface area (Å²) in [5, 5.41) is 4.57. The number of nitrogens with zero attached hydrogens (tertiary/aromatic N) is 1. The Balaban J connectivity index is 1.68. The van der Waals surface area contributed by atoms with Crippen LogP contribution in [0.3, 0.4) is 0 Å². The summed E-state index contributed by atoms with van der Waals surface area (Å²) in [5.74, 6) is 0.804. The lowest BCUT2D eigenvalue weighted by molar-refractivity contribution is 0.0955. The third-order valence-corrected chi connectivity index (χ3v) is 5.40. The molecule has 1 N–H and O–H groups in total. The van der Waals surface area contributed by atoms with E-state index in [9.17, 15) is 4.79 Å². The third kappa shape index (κ3) is 6.08. The number of methoxy groups -OCH3 is 1. The van der Waals surface area contributed by atoms with Crippen LogP contribution in [0.1, 0.15) is 21.5 Å². The molecule has 8 heteroatoms. The number of carbonyl (C=O) groups excluding carboxylic acids is 1. The number of nitrogens with one attached hydrogen (secondary N) is 1. The molecule has 0 fully saturated rings. The summed E-state index contributed by atoms with van der Waals surface area (Å²) in [6, 6.07) is 18.0. The number of halogens is 3. The summed E-state index contributed by atoms with van der Waals surface area (Å²) >= 11 is 12.8. The Bertz CT molecular complexity index is 1060. The monoisotopic (exact) mass is 550 g/mol. The highest BCUT2D eigenvalue weighted by Gasteiger charge is 2.12. The van der Waals surface area contributed by atoms with Crippen LogP contribution in [-0.2, 0) is 6.61 Å². The lowest BCUT2D eigenvalue weighted by atomic mass is 10.2. The predicted octanol–water partition coefficient (Wildman–Crippen LogP) is 6.22. The zero-order valence-electron chi connectivity index (χ0n) is 15.9. The molecule has 3 rings (SSSR count). The molecule has 0 spiro atoms. The van der Waals surface area contributed by atoms with Crippen molar-refractivity contribution in [3.8, 4) is 11.5 Å². The highest BCUT2D eigenvalue weighted by atomic mass is 79.9. The van der Waals surface area contributed by atoms with E-state index in [0.717, 1.165) is 15.6 Å². The van der Waals surface area contributed by atoms with Crippen LogP contribution in [0.5, 0.6) is 11.5 Å². The molecule has 0 saturated carbocycles. The van der Waals surface area contributed by atoms with Gasteiger partial charge in [0.25, 0.3) is 5.91 Å². The minimum Gasteiger partial charge on any atom is -0.493 e. The van der Waals surface area contributed by atoms with E-state index < -0.39 is 0 Å². The highest BCUT2D eigenvalue weighted by Crippen LogP contribution is 2.36. The van der Waals surface area contributed by atoms with Gasteiger partial charge in [0.2, 0.25) is 0 Å². The molecule has 0 atom stereocenters. The van der Waals surface area contributed by atoms with E-state index in [4.69, 9.17) is 21.1 Å². The molecule has 1 amide bonds. The zero-order valence-corrected chi connectivity index (χ0v) is 19.8. The largest absolute Gasteiger partial charge is 0.493 e. The van der Waals surface area contributed by atoms with Gasteiger partial charge in [0.15, 0.2) is 11.5 Å². The number of ether oxygens (including phenoxy) is 2. The van der Waals surface area contributed by atoms with Crippen molar-refractivity contribution in [2.24, 2.45) is 5.10 Å². The van der Waals surface area contributed by atoms with Crippen LogP contribution >= 0.6 is 43.5 Å². The van der Waals surface area contributed by atoms with Gasteiger partial charge >= 0.3 is 0 Å². The second-order valence-electron chi connectivity index (χ2n) is 6.16. The van der Waals surface area contributed by atoms with Crippen molar-refractivity contribution in [2.75, 3.05) is 7.11 Å². The summed E-state index contributed by atoms with van der Waals surface area (Å²) in [4.78, 5) is 12.1. The molecule has 154 valence electrons. The van der Waals surface area contributed by atoms with Crippen molar-refractivity contribution >= 4 is 55.6 Å². The van der Waals surface area contributed by atoms with Gasteiger partial charge < -0.3 is 9.47 Å². The van der Waals surface area contributed by atoms with Crippen molar-refractivity contribution in [3.05, 3.63) is 91.3 Å². The number of amides is 1. The Kier molecular flexibility index (Phi) is 7.90. The number of benzene rings is 3. The average Bonchev–Trinajstić information content (AvgIpc) is 2.74. The minimum absolute atomic E-state index is 0.330. The van der Waals surface area contributed by atoms with E-state index in [1.807, 2.05) is 30.3 Å². The molecule has 0 aromatic heterocycles. The summed E-state index contributed by atoms with van der Waals surface area (Å²) in [6.45, 7) is 0.396. The van der Waals surface area contributed by atoms with E-state index >= 15 is 0 Å². The second-order valence-corrected chi connectivity index (χ2v) is 8.36. The maximum absolute atomic E-state index is 12.1. The quantitative estimate of drug-likeness (QED) is 0.280. The normalized spacial score (nSPS) is 10.8. The van der Waals surface area contributed by atoms with Gasteiger partial charge in [0.1, 0.15) is 6.61 Å². The Morgan fingerprint density at radius 2 is 1.80 bits per heavy atom. The van der Waals surface area contributed by atoms with Crippen LogP contribution < -0.4 is 14.9 Å². The van der Waals surface area contributed by atoms with E-state index in [1.54, 1.807) is 37.4 Å². The van der Waals surface area contributed by atoms with Crippen LogP contribution in [0, 0.1) is 0 Å². The summed E-state index contributed by atoms with van der Waals surface area (Å²) in [7, 11) is 1.57. The van der Waals surface area contributed by atoms with E-state index in [-0.39, 0.29) is 5.91 Å². The van der Waals surface area contributed by atoms with E-state index in [0.29, 0.717) is 33.2 Å². The molecule has 5 nitrogen and oxygen atoms in total. The maximum Gasteiger partial charge on any atom is 0.271 e. The zero-order chi connectivity index (χ0) is 21.5. The van der Waals surface area contributed by atoms with Gasteiger partial charge in [0.05, 0.1) is 17.8 Å². The predicted molar refractivity (Wildman–Crippen MR) is 126 cm³/mol. The molecule has 3 aromatic carbocycles. The molecule has 0 heterocycles. The van der Waals surface area contributed by atoms with Gasteiger partial charge in [0, 0.05) is 15.1 Å². The number of hydrogen-bond acceptors (Lipinski definition) is 4. The van der Waals surface area contributed by atoms with Crippen molar-refractivity contribution in [3.63, 3.8) is 0 Å². The lowest BCUT2D eigenvalue weighted by Crippen LogP contribution is -2.17. The minimum atomic E-state index is -0.330. The van der Waals surface area contributed by atoms with E-state index in [1.165, 1.54) is 6.21 Å². The molecule has 0 unspecified atom stereocenters. The molecule has 0 saturated heterocycles. The molecule has 0 aliphatic carbocycles. The van der Waals surface area contributed by atoms with Crippen molar-refractivity contribution in [1.29, 1.82) is 0 Å². The molecule has 0 aliphatic heterocycles. The fraction of sp³-hybridized carbons (Fsp3) is 0.0909. The average molecular weight is 553 g/mol. The number of hydrazone groups is 1. The van der Waals surface area contributed by atoms with Crippen molar-refractivity contribution in [1.82, 2.24) is 5.43 Å². The number of rotatable bonds is 7. The lowest BCUT2D eigenvalue weighted by Gasteiger charge is -2.13. The van der Waals surface area contributed by atoms with Gasteiger partial charge in [-0.1, -0.05) is 39.7 Å². The standard InChI is InChI=1S/C22H17Br2ClN2O3/c1-29-20-11-15(12-26-27-22(28)16-4-8-18(25)9-5-16)10-19(24)21(20)30-13-14-2-6-17(23)7-3-14/h2-12H,13H2,1H3,(H,27,28)/b26-12-. The van der Waals surface area contributed by atoms with Gasteiger partial charge in [-0.25, -0.2) is 5.43 Å². The number of hydrogen-bond donors (Lipinski definition) is 1. The van der Waals surface area contributed by atoms with Crippen molar-refractivity contribution < 1.29 is 14.3 Å². The van der Waals surface area contributed by atoms with Crippen LogP contribution in [0.2, 0.25) is 5.02 Å². The molecular formula is C22H17Br2ClN2O3. The first-order valence-corrected chi connectivity index (χ1v) is 10.8. The summed E-state index contributed by atoms with van der Waals surface area (Å²) < 4.78 is 13.1. The molecular weight excluding hydrogens is 536 g/mol. The first-order valence-electron chi connectivity index (χ1n) is 8.80. The van der Waals surface area contributed by atoms with Crippen LogP contribution in [0.4, 0.5) is 0 Å². The Morgan fingerprint density at radius 3 is 2.47 bits per heavy atom. The van der Waals surface area contributed by atoms with Gasteiger partial charge in [-0.2, -0.15) is 5.10 Å². The van der Waals surface area contributed by atoms with E-state index in [2.05, 4.69) is 42.4 Å². The summed E-state index contributed by atoms with van der Waals surface area (Å²) in [5.41, 5.74) is 4.71. The molecule has 0 aliphatic rings. The maximum atomic E-state index is 12.1. The Labute approximate surface area is 196 Å². The first kappa shape index (κ1) is 22.3. The summed E-state index contributed by atoms with van der Waals surface area (Å²) in [6.07, 6.45) is 1.53. The fourth-order valence-electron chi connectivity index (χ4n) is 2.52. The van der Waals surface area contributed by atoms with Crippen LogP contribution in [0.25, 0.3) is 0 Å². The molecule has 30 heavy (non-hydrogen) atoms. The topological polar surface area (TPSA) is 59.9 Å². The second kappa shape index (κ2) is 10.6. The Morgan fingerprint density at radius 1 is 1.10 bits per heavy atom. The Hall–Kier alpha value is -2.35. The fourth-order valence-corrected chi connectivity index (χ4v) is 3.49.